The highest BCUT2D eigenvalue weighted by Gasteiger charge is 2.35. The minimum Gasteiger partial charge on any atom is -0.497 e. The lowest BCUT2D eigenvalue weighted by atomic mass is 10.0. The number of hydrogen-bond acceptors (Lipinski definition) is 7. The normalized spacial score (nSPS) is 12.5. The Hall–Kier alpha value is -3.71. The Bertz CT molecular complexity index is 1050. The van der Waals surface area contributed by atoms with E-state index in [-0.39, 0.29) is 5.75 Å². The zero-order valence-electron chi connectivity index (χ0n) is 20.1. The molecule has 2 atom stereocenters. The topological polar surface area (TPSA) is 121 Å². The van der Waals surface area contributed by atoms with Crippen molar-refractivity contribution in [2.75, 3.05) is 24.7 Å². The molecule has 0 aromatic heterocycles. The third-order valence-electron chi connectivity index (χ3n) is 4.73. The van der Waals surface area contributed by atoms with Crippen LogP contribution in [0.2, 0.25) is 0 Å². The molecule has 2 unspecified atom stereocenters. The van der Waals surface area contributed by atoms with Gasteiger partial charge in [-0.15, -0.1) is 0 Å². The predicted octanol–water partition coefficient (Wildman–Crippen LogP) is 3.55. The molecule has 0 heterocycles. The van der Waals surface area contributed by atoms with Crippen LogP contribution in [0.15, 0.2) is 54.6 Å². The van der Waals surface area contributed by atoms with Gasteiger partial charge in [0.15, 0.2) is 0 Å². The van der Waals surface area contributed by atoms with Gasteiger partial charge in [0, 0.05) is 11.4 Å². The Labute approximate surface area is 210 Å². The largest absolute Gasteiger partial charge is 0.497 e. The first kappa shape index (κ1) is 27.5. The summed E-state index contributed by atoms with van der Waals surface area (Å²) in [6, 6.07) is 15.0. The van der Waals surface area contributed by atoms with E-state index >= 15 is 0 Å². The van der Waals surface area contributed by atoms with Gasteiger partial charge in [-0.2, -0.15) is 17.9 Å². The number of alkyl carbamates (subject to hydrolysis) is 1. The Kier molecular flexibility index (Phi) is 9.97. The monoisotopic (exact) mass is 498 g/mol. The Morgan fingerprint density at radius 3 is 2.23 bits per heavy atom. The second-order valence-electron chi connectivity index (χ2n) is 8.54. The van der Waals surface area contributed by atoms with Crippen molar-refractivity contribution in [1.29, 1.82) is 5.26 Å². The summed E-state index contributed by atoms with van der Waals surface area (Å²) >= 11 is 4.20. The molecule has 10 heteroatoms. The Balaban J connectivity index is 2.37. The van der Waals surface area contributed by atoms with Gasteiger partial charge in [-0.25, -0.2) is 4.79 Å². The van der Waals surface area contributed by atoms with E-state index in [1.807, 2.05) is 6.07 Å². The van der Waals surface area contributed by atoms with Crippen molar-refractivity contribution < 1.29 is 23.9 Å². The zero-order chi connectivity index (χ0) is 26.0. The van der Waals surface area contributed by atoms with Gasteiger partial charge in [-0.05, 0) is 50.6 Å². The quantitative estimate of drug-likeness (QED) is 0.359. The van der Waals surface area contributed by atoms with Gasteiger partial charge in [-0.3, -0.25) is 9.59 Å². The molecular formula is C25H30N4O5S. The van der Waals surface area contributed by atoms with Crippen molar-refractivity contribution >= 4 is 36.2 Å². The molecule has 0 radical (unpaired) electrons. The molecule has 3 amide bonds. The lowest BCUT2D eigenvalue weighted by Gasteiger charge is -2.32. The molecule has 0 aliphatic rings. The number of amides is 3. The van der Waals surface area contributed by atoms with Crippen molar-refractivity contribution in [3.63, 3.8) is 0 Å². The van der Waals surface area contributed by atoms with Crippen molar-refractivity contribution in [3.8, 4) is 11.8 Å². The SMILES string of the molecule is COc1ccc(NC(=O)C(c2ccccc2)N(CC#N)C(=O)C(CS)NC(=O)OC(C)(C)C)cc1. The molecule has 0 spiro atoms. The number of benzene rings is 2. The third kappa shape index (κ3) is 8.22. The Morgan fingerprint density at radius 1 is 1.09 bits per heavy atom. The molecular weight excluding hydrogens is 468 g/mol. The second kappa shape index (κ2) is 12.7. The van der Waals surface area contributed by atoms with Gasteiger partial charge >= 0.3 is 6.09 Å². The van der Waals surface area contributed by atoms with Gasteiger partial charge in [0.25, 0.3) is 5.91 Å². The summed E-state index contributed by atoms with van der Waals surface area (Å²) in [5.41, 5.74) is 0.210. The minimum absolute atomic E-state index is 0.0678. The van der Waals surface area contributed by atoms with Crippen LogP contribution in [0.4, 0.5) is 10.5 Å². The summed E-state index contributed by atoms with van der Waals surface area (Å²) < 4.78 is 10.4. The second-order valence-corrected chi connectivity index (χ2v) is 8.90. The van der Waals surface area contributed by atoms with E-state index in [0.29, 0.717) is 17.0 Å². The molecule has 35 heavy (non-hydrogen) atoms. The number of carbonyl (C=O) groups excluding carboxylic acids is 3. The molecule has 0 aliphatic carbocycles. The molecule has 9 nitrogen and oxygen atoms in total. The van der Waals surface area contributed by atoms with Crippen LogP contribution in [-0.2, 0) is 14.3 Å². The highest BCUT2D eigenvalue weighted by atomic mass is 32.1. The smallest absolute Gasteiger partial charge is 0.408 e. The van der Waals surface area contributed by atoms with E-state index in [2.05, 4.69) is 23.3 Å². The van der Waals surface area contributed by atoms with Crippen molar-refractivity contribution in [3.05, 3.63) is 60.2 Å². The first-order valence-electron chi connectivity index (χ1n) is 10.9. The van der Waals surface area contributed by atoms with Crippen LogP contribution in [0, 0.1) is 11.3 Å². The number of rotatable bonds is 9. The number of ether oxygens (including phenoxy) is 2. The summed E-state index contributed by atoms with van der Waals surface area (Å²) in [4.78, 5) is 40.3. The van der Waals surface area contributed by atoms with Crippen LogP contribution in [-0.4, -0.2) is 53.9 Å². The first-order valence-corrected chi connectivity index (χ1v) is 11.5. The van der Waals surface area contributed by atoms with Gasteiger partial charge in [0.05, 0.1) is 13.2 Å². The number of nitrogens with zero attached hydrogens (tertiary/aromatic N) is 2. The van der Waals surface area contributed by atoms with Crippen LogP contribution >= 0.6 is 12.6 Å². The van der Waals surface area contributed by atoms with E-state index in [0.717, 1.165) is 4.90 Å². The van der Waals surface area contributed by atoms with Crippen LogP contribution in [0.1, 0.15) is 32.4 Å². The lowest BCUT2D eigenvalue weighted by Crippen LogP contribution is -2.53. The van der Waals surface area contributed by atoms with Gasteiger partial charge in [-0.1, -0.05) is 30.3 Å². The summed E-state index contributed by atoms with van der Waals surface area (Å²) in [6.45, 7) is 4.69. The van der Waals surface area contributed by atoms with E-state index in [1.165, 1.54) is 7.11 Å². The van der Waals surface area contributed by atoms with Crippen molar-refractivity contribution in [2.45, 2.75) is 38.5 Å². The number of methoxy groups -OCH3 is 1. The van der Waals surface area contributed by atoms with Crippen LogP contribution in [0.25, 0.3) is 0 Å². The fraction of sp³-hybridized carbons (Fsp3) is 0.360. The van der Waals surface area contributed by atoms with Gasteiger partial charge in [0.2, 0.25) is 5.91 Å². The highest BCUT2D eigenvalue weighted by Crippen LogP contribution is 2.25. The summed E-state index contributed by atoms with van der Waals surface area (Å²) in [7, 11) is 1.54. The van der Waals surface area contributed by atoms with Crippen molar-refractivity contribution in [1.82, 2.24) is 10.2 Å². The molecule has 2 rings (SSSR count). The standard InChI is InChI=1S/C25H30N4O5S/c1-25(2,3)34-24(32)28-20(16-35)23(31)29(15-14-26)21(17-8-6-5-7-9-17)22(30)27-18-10-12-19(33-4)13-11-18/h5-13,20-21,35H,15-16H2,1-4H3,(H,27,30)(H,28,32). The molecule has 0 saturated heterocycles. The molecule has 0 aliphatic heterocycles. The molecule has 0 saturated carbocycles. The third-order valence-corrected chi connectivity index (χ3v) is 5.09. The molecule has 2 aromatic carbocycles. The molecule has 0 bridgehead atoms. The number of hydrogen-bond donors (Lipinski definition) is 3. The highest BCUT2D eigenvalue weighted by molar-refractivity contribution is 7.80. The summed E-state index contributed by atoms with van der Waals surface area (Å²) in [6.07, 6.45) is -0.805. The fourth-order valence-corrected chi connectivity index (χ4v) is 3.45. The molecule has 186 valence electrons. The summed E-state index contributed by atoms with van der Waals surface area (Å²) in [5, 5.41) is 14.8. The number of thiol groups is 1. The molecule has 2 aromatic rings. The predicted molar refractivity (Wildman–Crippen MR) is 135 cm³/mol. The van der Waals surface area contributed by atoms with Crippen molar-refractivity contribution in [2.24, 2.45) is 0 Å². The number of carbonyl (C=O) groups is 3. The van der Waals surface area contributed by atoms with Crippen LogP contribution in [0.3, 0.4) is 0 Å². The lowest BCUT2D eigenvalue weighted by molar-refractivity contribution is -0.139. The van der Waals surface area contributed by atoms with E-state index in [9.17, 15) is 19.6 Å². The van der Waals surface area contributed by atoms with E-state index in [4.69, 9.17) is 9.47 Å². The van der Waals surface area contributed by atoms with Gasteiger partial charge in [0.1, 0.15) is 30.0 Å². The average molecular weight is 499 g/mol. The zero-order valence-corrected chi connectivity index (χ0v) is 21.0. The van der Waals surface area contributed by atoms with Crippen LogP contribution < -0.4 is 15.4 Å². The average Bonchev–Trinajstić information content (AvgIpc) is 2.82. The van der Waals surface area contributed by atoms with E-state index < -0.39 is 42.1 Å². The Morgan fingerprint density at radius 2 is 1.71 bits per heavy atom. The molecule has 0 fully saturated rings. The number of nitrogens with one attached hydrogen (secondary N) is 2. The minimum atomic E-state index is -1.15. The maximum Gasteiger partial charge on any atom is 0.408 e. The summed E-state index contributed by atoms with van der Waals surface area (Å²) in [5.74, 6) is -0.623. The van der Waals surface area contributed by atoms with Gasteiger partial charge < -0.3 is 25.0 Å². The maximum atomic E-state index is 13.5. The first-order chi connectivity index (χ1) is 16.6. The fourth-order valence-electron chi connectivity index (χ4n) is 3.20. The maximum absolute atomic E-state index is 13.5. The van der Waals surface area contributed by atoms with Crippen LogP contribution in [0.5, 0.6) is 5.75 Å². The van der Waals surface area contributed by atoms with E-state index in [1.54, 1.807) is 75.4 Å². The number of anilines is 1. The number of nitriles is 1. The molecule has 2 N–H and O–H groups in total.